The van der Waals surface area contributed by atoms with Gasteiger partial charge in [-0.25, -0.2) is 4.39 Å². The van der Waals surface area contributed by atoms with E-state index in [0.717, 1.165) is 43.9 Å². The van der Waals surface area contributed by atoms with Gasteiger partial charge in [0.2, 0.25) is 0 Å². The lowest BCUT2D eigenvalue weighted by Gasteiger charge is -2.26. The SMILES string of the molecule is NC1CCC(OCCNC(=O)c2cc(F)ccc2O)CC1. The van der Waals surface area contributed by atoms with Crippen LogP contribution in [0.1, 0.15) is 36.0 Å². The van der Waals surface area contributed by atoms with Gasteiger partial charge in [0, 0.05) is 12.6 Å². The molecule has 0 saturated heterocycles. The molecule has 1 aromatic rings. The van der Waals surface area contributed by atoms with Crippen molar-refractivity contribution in [1.29, 1.82) is 0 Å². The number of nitrogens with one attached hydrogen (secondary N) is 1. The predicted molar refractivity (Wildman–Crippen MR) is 76.6 cm³/mol. The molecular weight excluding hydrogens is 275 g/mol. The van der Waals surface area contributed by atoms with Gasteiger partial charge < -0.3 is 20.9 Å². The number of ether oxygens (including phenoxy) is 1. The van der Waals surface area contributed by atoms with Gasteiger partial charge in [-0.15, -0.1) is 0 Å². The highest BCUT2D eigenvalue weighted by molar-refractivity contribution is 5.96. The molecule has 116 valence electrons. The van der Waals surface area contributed by atoms with Gasteiger partial charge in [-0.1, -0.05) is 0 Å². The zero-order valence-electron chi connectivity index (χ0n) is 11.8. The maximum atomic E-state index is 13.0. The number of carbonyl (C=O) groups excluding carboxylic acids is 1. The molecule has 2 rings (SSSR count). The Morgan fingerprint density at radius 3 is 2.81 bits per heavy atom. The van der Waals surface area contributed by atoms with Crippen LogP contribution in [0, 0.1) is 5.82 Å². The Balaban J connectivity index is 1.71. The van der Waals surface area contributed by atoms with Gasteiger partial charge in [-0.2, -0.15) is 0 Å². The van der Waals surface area contributed by atoms with E-state index >= 15 is 0 Å². The monoisotopic (exact) mass is 296 g/mol. The Morgan fingerprint density at radius 1 is 1.38 bits per heavy atom. The first-order chi connectivity index (χ1) is 10.1. The summed E-state index contributed by atoms with van der Waals surface area (Å²) in [5, 5.41) is 12.1. The molecule has 1 amide bonds. The van der Waals surface area contributed by atoms with Gasteiger partial charge in [-0.3, -0.25) is 4.79 Å². The van der Waals surface area contributed by atoms with E-state index in [0.29, 0.717) is 13.2 Å². The number of nitrogens with two attached hydrogens (primary N) is 1. The van der Waals surface area contributed by atoms with Crippen LogP contribution in [-0.2, 0) is 4.74 Å². The average Bonchev–Trinajstić information content (AvgIpc) is 2.47. The van der Waals surface area contributed by atoms with Gasteiger partial charge in [0.15, 0.2) is 0 Å². The van der Waals surface area contributed by atoms with E-state index in [4.69, 9.17) is 10.5 Å². The molecule has 0 heterocycles. The minimum absolute atomic E-state index is 0.0707. The van der Waals surface area contributed by atoms with Crippen LogP contribution in [-0.4, -0.2) is 36.3 Å². The number of halogens is 1. The number of carbonyl (C=O) groups is 1. The van der Waals surface area contributed by atoms with Crippen LogP contribution in [0.2, 0.25) is 0 Å². The lowest BCUT2D eigenvalue weighted by Crippen LogP contribution is -2.33. The number of benzene rings is 1. The molecule has 0 bridgehead atoms. The summed E-state index contributed by atoms with van der Waals surface area (Å²) in [6.45, 7) is 0.707. The van der Waals surface area contributed by atoms with Crippen LogP contribution >= 0.6 is 0 Å². The Kier molecular flexibility index (Phi) is 5.52. The van der Waals surface area contributed by atoms with E-state index in [2.05, 4.69) is 5.32 Å². The largest absolute Gasteiger partial charge is 0.507 e. The lowest BCUT2D eigenvalue weighted by atomic mass is 9.94. The Hall–Kier alpha value is -1.66. The Labute approximate surface area is 123 Å². The Morgan fingerprint density at radius 2 is 2.10 bits per heavy atom. The van der Waals surface area contributed by atoms with Crippen LogP contribution < -0.4 is 11.1 Å². The molecule has 0 spiro atoms. The number of amides is 1. The summed E-state index contributed by atoms with van der Waals surface area (Å²) >= 11 is 0. The summed E-state index contributed by atoms with van der Waals surface area (Å²) < 4.78 is 18.7. The van der Waals surface area contributed by atoms with Crippen molar-refractivity contribution < 1.29 is 19.0 Å². The van der Waals surface area contributed by atoms with Gasteiger partial charge in [-0.05, 0) is 43.9 Å². The zero-order valence-corrected chi connectivity index (χ0v) is 11.8. The third kappa shape index (κ3) is 4.68. The molecule has 21 heavy (non-hydrogen) atoms. The normalized spacial score (nSPS) is 22.0. The highest BCUT2D eigenvalue weighted by atomic mass is 19.1. The van der Waals surface area contributed by atoms with E-state index in [1.54, 1.807) is 0 Å². The summed E-state index contributed by atoms with van der Waals surface area (Å²) in [5.41, 5.74) is 5.74. The fraction of sp³-hybridized carbons (Fsp3) is 0.533. The van der Waals surface area contributed by atoms with Gasteiger partial charge in [0.1, 0.15) is 11.6 Å². The van der Waals surface area contributed by atoms with Gasteiger partial charge in [0.05, 0.1) is 18.3 Å². The van der Waals surface area contributed by atoms with Crippen molar-refractivity contribution >= 4 is 5.91 Å². The molecule has 1 aliphatic rings. The zero-order chi connectivity index (χ0) is 15.2. The minimum Gasteiger partial charge on any atom is -0.507 e. The standard InChI is InChI=1S/C15H21FN2O3/c16-10-1-6-14(19)13(9-10)15(20)18-7-8-21-12-4-2-11(17)3-5-12/h1,6,9,11-12,19H,2-5,7-8,17H2,(H,18,20). The third-order valence-electron chi connectivity index (χ3n) is 3.66. The van der Waals surface area contributed by atoms with E-state index < -0.39 is 11.7 Å². The second kappa shape index (κ2) is 7.38. The lowest BCUT2D eigenvalue weighted by molar-refractivity contribution is 0.0267. The maximum Gasteiger partial charge on any atom is 0.255 e. The van der Waals surface area contributed by atoms with Crippen LogP contribution in [0.4, 0.5) is 4.39 Å². The highest BCUT2D eigenvalue weighted by Gasteiger charge is 2.18. The minimum atomic E-state index is -0.562. The van der Waals surface area contributed by atoms with Crippen molar-refractivity contribution in [2.24, 2.45) is 5.73 Å². The average molecular weight is 296 g/mol. The van der Waals surface area contributed by atoms with E-state index in [9.17, 15) is 14.3 Å². The van der Waals surface area contributed by atoms with Crippen molar-refractivity contribution in [1.82, 2.24) is 5.32 Å². The van der Waals surface area contributed by atoms with Gasteiger partial charge >= 0.3 is 0 Å². The summed E-state index contributed by atoms with van der Waals surface area (Å²) in [6, 6.07) is 3.55. The molecule has 6 heteroatoms. The van der Waals surface area contributed by atoms with Crippen molar-refractivity contribution in [2.45, 2.75) is 37.8 Å². The molecular formula is C15H21FN2O3. The van der Waals surface area contributed by atoms with Crippen LogP contribution in [0.3, 0.4) is 0 Å². The first-order valence-electron chi connectivity index (χ1n) is 7.20. The van der Waals surface area contributed by atoms with Crippen molar-refractivity contribution in [3.8, 4) is 5.75 Å². The smallest absolute Gasteiger partial charge is 0.255 e. The van der Waals surface area contributed by atoms with Gasteiger partial charge in [0.25, 0.3) is 5.91 Å². The van der Waals surface area contributed by atoms with Crippen molar-refractivity contribution in [3.63, 3.8) is 0 Å². The molecule has 0 radical (unpaired) electrons. The molecule has 0 unspecified atom stereocenters. The first-order valence-corrected chi connectivity index (χ1v) is 7.20. The number of rotatable bonds is 5. The number of hydrogen-bond donors (Lipinski definition) is 3. The summed E-state index contributed by atoms with van der Waals surface area (Å²) in [5.74, 6) is -1.31. The molecule has 1 aromatic carbocycles. The van der Waals surface area contributed by atoms with E-state index in [-0.39, 0.29) is 23.5 Å². The maximum absolute atomic E-state index is 13.0. The van der Waals surface area contributed by atoms with Crippen LogP contribution in [0.25, 0.3) is 0 Å². The second-order valence-electron chi connectivity index (χ2n) is 5.32. The molecule has 4 N–H and O–H groups in total. The molecule has 0 aliphatic heterocycles. The predicted octanol–water partition coefficient (Wildman–Crippen LogP) is 1.55. The number of phenolic OH excluding ortho intramolecular Hbond substituents is 1. The van der Waals surface area contributed by atoms with Crippen molar-refractivity contribution in [3.05, 3.63) is 29.6 Å². The molecule has 1 saturated carbocycles. The van der Waals surface area contributed by atoms with E-state index in [1.165, 1.54) is 0 Å². The molecule has 1 aliphatic carbocycles. The fourth-order valence-electron chi connectivity index (χ4n) is 2.43. The molecule has 5 nitrogen and oxygen atoms in total. The summed E-state index contributed by atoms with van der Waals surface area (Å²) in [6.07, 6.45) is 4.02. The topological polar surface area (TPSA) is 84.6 Å². The Bertz CT molecular complexity index is 488. The number of hydrogen-bond acceptors (Lipinski definition) is 4. The number of phenols is 1. The molecule has 1 fully saturated rings. The van der Waals surface area contributed by atoms with E-state index in [1.807, 2.05) is 0 Å². The second-order valence-corrected chi connectivity index (χ2v) is 5.32. The number of aromatic hydroxyl groups is 1. The van der Waals surface area contributed by atoms with Crippen molar-refractivity contribution in [2.75, 3.05) is 13.2 Å². The molecule has 0 atom stereocenters. The third-order valence-corrected chi connectivity index (χ3v) is 3.66. The van der Waals surface area contributed by atoms with Crippen LogP contribution in [0.15, 0.2) is 18.2 Å². The first kappa shape index (κ1) is 15.7. The fourth-order valence-corrected chi connectivity index (χ4v) is 2.43. The quantitative estimate of drug-likeness (QED) is 0.720. The summed E-state index contributed by atoms with van der Waals surface area (Å²) in [4.78, 5) is 11.8. The molecule has 0 aromatic heterocycles. The summed E-state index contributed by atoms with van der Waals surface area (Å²) in [7, 11) is 0. The highest BCUT2D eigenvalue weighted by Crippen LogP contribution is 2.20. The van der Waals surface area contributed by atoms with Crippen LogP contribution in [0.5, 0.6) is 5.75 Å².